The summed E-state index contributed by atoms with van der Waals surface area (Å²) in [7, 11) is 0. The third-order valence-electron chi connectivity index (χ3n) is 1.46. The van der Waals surface area contributed by atoms with Gasteiger partial charge in [0.25, 0.3) is 0 Å². The number of hydrogen-bond acceptors (Lipinski definition) is 3. The van der Waals surface area contributed by atoms with Gasteiger partial charge in [0.05, 0.1) is 6.54 Å². The summed E-state index contributed by atoms with van der Waals surface area (Å²) >= 11 is 0. The van der Waals surface area contributed by atoms with Crippen LogP contribution in [0.5, 0.6) is 0 Å². The van der Waals surface area contributed by atoms with E-state index < -0.39 is 0 Å². The first-order valence-electron chi connectivity index (χ1n) is 3.44. The molecule has 1 unspecified atom stereocenters. The second-order valence-electron chi connectivity index (χ2n) is 2.47. The first kappa shape index (κ1) is 7.55. The number of terminal acetylenes is 1. The van der Waals surface area contributed by atoms with Crippen LogP contribution in [0.25, 0.3) is 0 Å². The van der Waals surface area contributed by atoms with Gasteiger partial charge in [-0.2, -0.15) is 10.5 Å². The maximum absolute atomic E-state index is 5.09. The summed E-state index contributed by atoms with van der Waals surface area (Å²) in [5.74, 6) is 2.51. The van der Waals surface area contributed by atoms with Gasteiger partial charge in [-0.05, 0) is 13.3 Å². The number of rotatable bonds is 1. The Labute approximate surface area is 61.3 Å². The van der Waals surface area contributed by atoms with E-state index in [1.807, 2.05) is 0 Å². The lowest BCUT2D eigenvalue weighted by Crippen LogP contribution is -2.44. The van der Waals surface area contributed by atoms with Crippen molar-refractivity contribution in [3.8, 4) is 12.3 Å². The Hall–Kier alpha value is -0.560. The third-order valence-corrected chi connectivity index (χ3v) is 1.46. The fourth-order valence-corrected chi connectivity index (χ4v) is 0.820. The predicted molar refractivity (Wildman–Crippen MR) is 38.7 cm³/mol. The standard InChI is InChI=1S/C7H12N2O/c1-3-5-9-6-4-7(2)8-10-9/h1,7-8H,4-6H2,2H3. The van der Waals surface area contributed by atoms with Gasteiger partial charge in [-0.3, -0.25) is 0 Å². The van der Waals surface area contributed by atoms with Crippen molar-refractivity contribution in [1.82, 2.24) is 10.5 Å². The van der Waals surface area contributed by atoms with Crippen LogP contribution in [0.1, 0.15) is 13.3 Å². The van der Waals surface area contributed by atoms with Crippen LogP contribution in [0.3, 0.4) is 0 Å². The normalized spacial score (nSPS) is 27.8. The monoisotopic (exact) mass is 140 g/mol. The van der Waals surface area contributed by atoms with E-state index in [0.29, 0.717) is 12.6 Å². The summed E-state index contributed by atoms with van der Waals surface area (Å²) in [6.07, 6.45) is 6.18. The maximum atomic E-state index is 5.09. The molecule has 1 heterocycles. The van der Waals surface area contributed by atoms with Crippen LogP contribution in [0.15, 0.2) is 0 Å². The van der Waals surface area contributed by atoms with Crippen LogP contribution in [-0.4, -0.2) is 24.2 Å². The Morgan fingerprint density at radius 2 is 2.70 bits per heavy atom. The molecule has 10 heavy (non-hydrogen) atoms. The highest BCUT2D eigenvalue weighted by Crippen LogP contribution is 2.01. The first-order valence-corrected chi connectivity index (χ1v) is 3.44. The van der Waals surface area contributed by atoms with E-state index >= 15 is 0 Å². The minimum absolute atomic E-state index is 0.439. The van der Waals surface area contributed by atoms with Crippen molar-refractivity contribution in [2.75, 3.05) is 13.1 Å². The van der Waals surface area contributed by atoms with Gasteiger partial charge in [0, 0.05) is 12.6 Å². The highest BCUT2D eigenvalue weighted by Gasteiger charge is 2.14. The van der Waals surface area contributed by atoms with Crippen molar-refractivity contribution >= 4 is 0 Å². The predicted octanol–water partition coefficient (Wildman–Crippen LogP) is 0.150. The minimum Gasteiger partial charge on any atom is -0.210 e. The van der Waals surface area contributed by atoms with Crippen molar-refractivity contribution < 1.29 is 4.94 Å². The van der Waals surface area contributed by atoms with Crippen LogP contribution >= 0.6 is 0 Å². The summed E-state index contributed by atoms with van der Waals surface area (Å²) in [5.41, 5.74) is 2.85. The van der Waals surface area contributed by atoms with Crippen LogP contribution in [0, 0.1) is 12.3 Å². The molecule has 1 aliphatic rings. The zero-order valence-corrected chi connectivity index (χ0v) is 6.13. The molecule has 1 fully saturated rings. The SMILES string of the molecule is C#CCN1CCC(C)NO1. The topological polar surface area (TPSA) is 24.5 Å². The molecule has 0 bridgehead atoms. The van der Waals surface area contributed by atoms with E-state index in [9.17, 15) is 0 Å². The molecule has 0 amide bonds. The molecule has 56 valence electrons. The number of hydroxylamine groups is 3. The molecular weight excluding hydrogens is 128 g/mol. The molecule has 0 aromatic rings. The molecule has 0 saturated carbocycles. The van der Waals surface area contributed by atoms with Crippen molar-refractivity contribution in [2.45, 2.75) is 19.4 Å². The van der Waals surface area contributed by atoms with E-state index in [1.165, 1.54) is 0 Å². The lowest BCUT2D eigenvalue weighted by atomic mass is 10.2. The zero-order chi connectivity index (χ0) is 7.40. The highest BCUT2D eigenvalue weighted by atomic mass is 16.8. The number of nitrogens with one attached hydrogen (secondary N) is 1. The van der Waals surface area contributed by atoms with E-state index in [-0.39, 0.29) is 0 Å². The summed E-state index contributed by atoms with van der Waals surface area (Å²) in [6, 6.07) is 0.439. The van der Waals surface area contributed by atoms with Crippen LogP contribution in [0.4, 0.5) is 0 Å². The Balaban J connectivity index is 2.21. The summed E-state index contributed by atoms with van der Waals surface area (Å²) in [6.45, 7) is 3.55. The van der Waals surface area contributed by atoms with Crippen molar-refractivity contribution in [1.29, 1.82) is 0 Å². The average Bonchev–Trinajstić information content (AvgIpc) is 1.95. The molecule has 3 heteroatoms. The average molecular weight is 140 g/mol. The zero-order valence-electron chi connectivity index (χ0n) is 6.13. The second kappa shape index (κ2) is 3.57. The van der Waals surface area contributed by atoms with Crippen molar-refractivity contribution in [3.63, 3.8) is 0 Å². The molecule has 1 N–H and O–H groups in total. The van der Waals surface area contributed by atoms with Gasteiger partial charge >= 0.3 is 0 Å². The Morgan fingerprint density at radius 1 is 1.90 bits per heavy atom. The summed E-state index contributed by atoms with van der Waals surface area (Å²) in [4.78, 5) is 5.07. The molecule has 0 aromatic carbocycles. The van der Waals surface area contributed by atoms with Gasteiger partial charge < -0.3 is 0 Å². The van der Waals surface area contributed by atoms with Gasteiger partial charge in [-0.15, -0.1) is 6.42 Å². The van der Waals surface area contributed by atoms with E-state index in [0.717, 1.165) is 13.0 Å². The summed E-state index contributed by atoms with van der Waals surface area (Å²) < 4.78 is 0. The van der Waals surface area contributed by atoms with E-state index in [4.69, 9.17) is 11.4 Å². The fourth-order valence-electron chi connectivity index (χ4n) is 0.820. The number of hydrogen-bond donors (Lipinski definition) is 1. The molecule has 1 rings (SSSR count). The highest BCUT2D eigenvalue weighted by molar-refractivity contribution is 4.86. The first-order chi connectivity index (χ1) is 4.83. The van der Waals surface area contributed by atoms with Gasteiger partial charge in [0.15, 0.2) is 0 Å². The van der Waals surface area contributed by atoms with E-state index in [1.54, 1.807) is 5.06 Å². The van der Waals surface area contributed by atoms with Crippen LogP contribution in [-0.2, 0) is 4.94 Å². The summed E-state index contributed by atoms with van der Waals surface area (Å²) in [5, 5.41) is 1.74. The molecule has 0 aliphatic carbocycles. The molecular formula is C7H12N2O. The van der Waals surface area contributed by atoms with Gasteiger partial charge in [0.1, 0.15) is 0 Å². The van der Waals surface area contributed by atoms with Crippen LogP contribution in [0.2, 0.25) is 0 Å². The molecule has 3 nitrogen and oxygen atoms in total. The molecule has 0 spiro atoms. The van der Waals surface area contributed by atoms with Gasteiger partial charge in [-0.1, -0.05) is 5.92 Å². The molecule has 1 saturated heterocycles. The third kappa shape index (κ3) is 1.99. The smallest absolute Gasteiger partial charge is 0.0867 e. The molecule has 1 atom stereocenters. The lowest BCUT2D eigenvalue weighted by Gasteiger charge is -2.28. The Kier molecular flexibility index (Phi) is 2.69. The lowest BCUT2D eigenvalue weighted by molar-refractivity contribution is -0.235. The van der Waals surface area contributed by atoms with Crippen LogP contribution < -0.4 is 5.48 Å². The van der Waals surface area contributed by atoms with Crippen molar-refractivity contribution in [3.05, 3.63) is 0 Å². The fraction of sp³-hybridized carbons (Fsp3) is 0.714. The largest absolute Gasteiger partial charge is 0.210 e. The maximum Gasteiger partial charge on any atom is 0.0867 e. The van der Waals surface area contributed by atoms with Gasteiger partial charge in [-0.25, -0.2) is 4.94 Å². The van der Waals surface area contributed by atoms with E-state index in [2.05, 4.69) is 18.3 Å². The number of nitrogens with zero attached hydrogens (tertiary/aromatic N) is 1. The quantitative estimate of drug-likeness (QED) is 0.525. The minimum atomic E-state index is 0.439. The Bertz CT molecular complexity index is 133. The Morgan fingerprint density at radius 3 is 3.20 bits per heavy atom. The van der Waals surface area contributed by atoms with Crippen molar-refractivity contribution in [2.24, 2.45) is 0 Å². The molecule has 0 aromatic heterocycles. The van der Waals surface area contributed by atoms with Gasteiger partial charge in [0.2, 0.25) is 0 Å². The molecule has 1 aliphatic heterocycles. The molecule has 0 radical (unpaired) electrons. The second-order valence-corrected chi connectivity index (χ2v) is 2.47.